The van der Waals surface area contributed by atoms with E-state index in [2.05, 4.69) is 5.73 Å². The largest absolute Gasteiger partial charge is 0.478 e. The molecule has 0 aliphatic carbocycles. The van der Waals surface area contributed by atoms with E-state index in [1.807, 2.05) is 0 Å². The monoisotopic (exact) mass is 311 g/mol. The molecule has 0 aromatic carbocycles. The molecule has 0 saturated carbocycles. The van der Waals surface area contributed by atoms with Gasteiger partial charge in [-0.05, 0) is 0 Å². The van der Waals surface area contributed by atoms with Gasteiger partial charge in [0.05, 0.1) is 0 Å². The summed E-state index contributed by atoms with van der Waals surface area (Å²) in [6.45, 7) is 0. The molecule has 114 valence electrons. The first-order chi connectivity index (χ1) is 7.94. The van der Waals surface area contributed by atoms with Gasteiger partial charge < -0.3 is 5.11 Å². The lowest BCUT2D eigenvalue weighted by Crippen LogP contribution is -2.72. The van der Waals surface area contributed by atoms with Crippen molar-refractivity contribution in [3.63, 3.8) is 0 Å². The first-order valence-electron chi connectivity index (χ1n) is 3.86. The third-order valence-corrected chi connectivity index (χ3v) is 1.91. The Morgan fingerprint density at radius 2 is 1.05 bits per heavy atom. The van der Waals surface area contributed by atoms with Crippen molar-refractivity contribution in [3.05, 3.63) is 0 Å². The van der Waals surface area contributed by atoms with E-state index in [1.54, 1.807) is 0 Å². The van der Waals surface area contributed by atoms with Gasteiger partial charge in [-0.1, -0.05) is 0 Å². The molecule has 0 amide bonds. The molecule has 0 bridgehead atoms. The van der Waals surface area contributed by atoms with Crippen molar-refractivity contribution in [1.82, 2.24) is 0 Å². The number of carboxylic acid groups (broad SMARTS) is 1. The summed E-state index contributed by atoms with van der Waals surface area (Å²) >= 11 is 0. The topological polar surface area (TPSA) is 63.3 Å². The second-order valence-electron chi connectivity index (χ2n) is 3.24. The van der Waals surface area contributed by atoms with Crippen LogP contribution in [-0.4, -0.2) is 40.8 Å². The second kappa shape index (κ2) is 4.11. The average molecular weight is 311 g/mol. The van der Waals surface area contributed by atoms with Crippen LogP contribution >= 0.6 is 0 Å². The van der Waals surface area contributed by atoms with E-state index in [9.17, 15) is 48.7 Å². The number of aliphatic carboxylic acids is 1. The summed E-state index contributed by atoms with van der Waals surface area (Å²) in [5.41, 5.74) is 3.57. The third-order valence-electron chi connectivity index (χ3n) is 1.91. The van der Waals surface area contributed by atoms with Crippen LogP contribution in [0.1, 0.15) is 0 Å². The number of carbonyl (C=O) groups is 1. The van der Waals surface area contributed by atoms with Crippen LogP contribution in [0.15, 0.2) is 0 Å². The molecule has 19 heavy (non-hydrogen) atoms. The molecular formula is C6H3F10NO2. The number of hydrogen-bond acceptors (Lipinski definition) is 2. The SMILES string of the molecule is N[C@](F)(C(=O)O)C(F)(F)C(F)(F)C(F)(F)C(F)(F)F. The Labute approximate surface area is 96.5 Å². The van der Waals surface area contributed by atoms with E-state index in [0.29, 0.717) is 0 Å². The lowest BCUT2D eigenvalue weighted by Gasteiger charge is -2.37. The van der Waals surface area contributed by atoms with Crippen LogP contribution in [0.4, 0.5) is 43.9 Å². The molecule has 0 aromatic heterocycles. The normalized spacial score (nSPS) is 18.1. The number of rotatable bonds is 4. The van der Waals surface area contributed by atoms with Crippen LogP contribution in [-0.2, 0) is 4.79 Å². The van der Waals surface area contributed by atoms with Gasteiger partial charge >= 0.3 is 35.7 Å². The Bertz CT molecular complexity index is 373. The Balaban J connectivity index is 5.99. The zero-order chi connectivity index (χ0) is 16.1. The number of halogens is 10. The number of hydrogen-bond donors (Lipinski definition) is 2. The first-order valence-corrected chi connectivity index (χ1v) is 3.86. The highest BCUT2D eigenvalue weighted by Crippen LogP contribution is 2.55. The maximum atomic E-state index is 12.7. The quantitative estimate of drug-likeness (QED) is 0.618. The predicted octanol–water partition coefficient (Wildman–Crippen LogP) is 2.16. The number of nitrogens with two attached hydrogens (primary N) is 1. The van der Waals surface area contributed by atoms with Crippen LogP contribution in [0.3, 0.4) is 0 Å². The maximum Gasteiger partial charge on any atom is 0.460 e. The lowest BCUT2D eigenvalue weighted by molar-refractivity contribution is -0.409. The standard InChI is InChI=1S/C6H3F10NO2/c7-2(17,1(18)19)3(8,9)4(10,11)5(12,13)6(14,15)16/h17H2,(H,18,19)/t2-/m1/s1. The van der Waals surface area contributed by atoms with E-state index in [1.165, 1.54) is 0 Å². The smallest absolute Gasteiger partial charge is 0.460 e. The molecule has 0 rings (SSSR count). The third kappa shape index (κ3) is 2.19. The van der Waals surface area contributed by atoms with Crippen LogP contribution < -0.4 is 5.73 Å². The van der Waals surface area contributed by atoms with Gasteiger partial charge in [0.25, 0.3) is 0 Å². The second-order valence-corrected chi connectivity index (χ2v) is 3.24. The van der Waals surface area contributed by atoms with Crippen LogP contribution in [0, 0.1) is 0 Å². The minimum atomic E-state index is -7.43. The van der Waals surface area contributed by atoms with Crippen molar-refractivity contribution in [2.75, 3.05) is 0 Å². The highest BCUT2D eigenvalue weighted by atomic mass is 19.4. The molecule has 0 saturated heterocycles. The van der Waals surface area contributed by atoms with Crippen molar-refractivity contribution in [2.45, 2.75) is 29.7 Å². The fraction of sp³-hybridized carbons (Fsp3) is 0.833. The Morgan fingerprint density at radius 1 is 0.737 bits per heavy atom. The average Bonchev–Trinajstić information content (AvgIpc) is 2.14. The molecule has 0 aromatic rings. The summed E-state index contributed by atoms with van der Waals surface area (Å²) in [6.07, 6.45) is -7.19. The number of alkyl halides is 10. The van der Waals surface area contributed by atoms with Crippen molar-refractivity contribution in [3.8, 4) is 0 Å². The zero-order valence-corrected chi connectivity index (χ0v) is 8.21. The van der Waals surface area contributed by atoms with Gasteiger partial charge in [-0.15, -0.1) is 0 Å². The summed E-state index contributed by atoms with van der Waals surface area (Å²) in [5.74, 6) is -31.3. The van der Waals surface area contributed by atoms with Crippen molar-refractivity contribution in [1.29, 1.82) is 0 Å². The molecule has 0 aliphatic heterocycles. The Morgan fingerprint density at radius 3 is 1.26 bits per heavy atom. The van der Waals surface area contributed by atoms with Crippen molar-refractivity contribution in [2.24, 2.45) is 5.73 Å². The lowest BCUT2D eigenvalue weighted by atomic mass is 9.96. The maximum absolute atomic E-state index is 12.7. The van der Waals surface area contributed by atoms with Gasteiger partial charge in [-0.3, -0.25) is 5.73 Å². The number of carboxylic acids is 1. The summed E-state index contributed by atoms with van der Waals surface area (Å²) in [7, 11) is 0. The minimum absolute atomic E-state index is 3.55. The summed E-state index contributed by atoms with van der Waals surface area (Å²) in [5, 5.41) is 7.77. The fourth-order valence-corrected chi connectivity index (χ4v) is 0.738. The molecule has 0 aliphatic rings. The summed E-state index contributed by atoms with van der Waals surface area (Å²) in [4.78, 5) is 9.85. The molecule has 3 nitrogen and oxygen atoms in total. The highest BCUT2D eigenvalue weighted by Gasteiger charge is 2.87. The fourth-order valence-electron chi connectivity index (χ4n) is 0.738. The molecule has 3 N–H and O–H groups in total. The van der Waals surface area contributed by atoms with Crippen LogP contribution in [0.2, 0.25) is 0 Å². The van der Waals surface area contributed by atoms with Crippen molar-refractivity contribution >= 4 is 5.97 Å². The summed E-state index contributed by atoms with van der Waals surface area (Å²) < 4.78 is 122. The highest BCUT2D eigenvalue weighted by molar-refractivity contribution is 5.78. The molecule has 0 fully saturated rings. The van der Waals surface area contributed by atoms with Crippen LogP contribution in [0.5, 0.6) is 0 Å². The van der Waals surface area contributed by atoms with Crippen LogP contribution in [0.25, 0.3) is 0 Å². The van der Waals surface area contributed by atoms with Gasteiger partial charge in [0.15, 0.2) is 0 Å². The Hall–Kier alpha value is -1.27. The first kappa shape index (κ1) is 17.7. The van der Waals surface area contributed by atoms with Gasteiger partial charge in [0.2, 0.25) is 0 Å². The molecule has 1 atom stereocenters. The van der Waals surface area contributed by atoms with E-state index in [0.717, 1.165) is 0 Å². The van der Waals surface area contributed by atoms with E-state index < -0.39 is 35.7 Å². The van der Waals surface area contributed by atoms with E-state index in [4.69, 9.17) is 5.11 Å². The predicted molar refractivity (Wildman–Crippen MR) is 36.6 cm³/mol. The van der Waals surface area contributed by atoms with Gasteiger partial charge in [0, 0.05) is 0 Å². The molecule has 0 heterocycles. The Kier molecular flexibility index (Phi) is 3.84. The van der Waals surface area contributed by atoms with Gasteiger partial charge in [-0.2, -0.15) is 39.5 Å². The molecule has 13 heteroatoms. The van der Waals surface area contributed by atoms with Gasteiger partial charge in [-0.25, -0.2) is 9.18 Å². The van der Waals surface area contributed by atoms with Crippen molar-refractivity contribution < 1.29 is 53.8 Å². The van der Waals surface area contributed by atoms with E-state index >= 15 is 0 Å². The van der Waals surface area contributed by atoms with E-state index in [-0.39, 0.29) is 0 Å². The van der Waals surface area contributed by atoms with Gasteiger partial charge in [0.1, 0.15) is 0 Å². The minimum Gasteiger partial charge on any atom is -0.478 e. The summed E-state index contributed by atoms with van der Waals surface area (Å²) in [6, 6.07) is 0. The zero-order valence-electron chi connectivity index (χ0n) is 8.21. The molecule has 0 unspecified atom stereocenters. The molecule has 0 radical (unpaired) electrons. The molecule has 0 spiro atoms. The molecular weight excluding hydrogens is 308 g/mol.